The lowest BCUT2D eigenvalue weighted by atomic mass is 10.2. The fraction of sp³-hybridized carbons (Fsp3) is 0.267. The summed E-state index contributed by atoms with van der Waals surface area (Å²) in [4.78, 5) is 12.0. The molecule has 0 saturated carbocycles. The molecule has 0 saturated heterocycles. The van der Waals surface area contributed by atoms with Crippen molar-refractivity contribution in [3.8, 4) is 0 Å². The topological polar surface area (TPSA) is 76.4 Å². The van der Waals surface area contributed by atoms with Crippen LogP contribution in [0.15, 0.2) is 45.7 Å². The second kappa shape index (κ2) is 6.54. The Labute approximate surface area is 134 Å². The molecule has 2 rings (SSSR count). The van der Waals surface area contributed by atoms with E-state index < -0.39 is 27.5 Å². The molecule has 5 nitrogen and oxygen atoms in total. The summed E-state index contributed by atoms with van der Waals surface area (Å²) in [6.45, 7) is 3.52. The third kappa shape index (κ3) is 4.11. The van der Waals surface area contributed by atoms with Crippen LogP contribution < -0.4 is 5.32 Å². The molecule has 0 bridgehead atoms. The van der Waals surface area contributed by atoms with E-state index in [1.165, 1.54) is 24.3 Å². The molecule has 0 unspecified atom stereocenters. The Morgan fingerprint density at radius 2 is 1.86 bits per heavy atom. The van der Waals surface area contributed by atoms with Crippen LogP contribution >= 0.6 is 11.6 Å². The highest BCUT2D eigenvalue weighted by atomic mass is 35.5. The van der Waals surface area contributed by atoms with Crippen molar-refractivity contribution in [1.82, 2.24) is 5.32 Å². The molecule has 0 aliphatic heterocycles. The molecule has 22 heavy (non-hydrogen) atoms. The molecule has 1 N–H and O–H groups in total. The van der Waals surface area contributed by atoms with Crippen LogP contribution in [0.5, 0.6) is 0 Å². The van der Waals surface area contributed by atoms with Crippen molar-refractivity contribution in [2.24, 2.45) is 0 Å². The summed E-state index contributed by atoms with van der Waals surface area (Å²) in [5.74, 6) is 0.0923. The predicted octanol–water partition coefficient (Wildman–Crippen LogP) is 2.89. The van der Waals surface area contributed by atoms with E-state index in [-0.39, 0.29) is 4.90 Å². The van der Waals surface area contributed by atoms with E-state index in [0.717, 1.165) is 5.76 Å². The first-order valence-corrected chi connectivity index (χ1v) is 8.65. The smallest absolute Gasteiger partial charge is 0.236 e. The lowest BCUT2D eigenvalue weighted by molar-refractivity contribution is -0.119. The van der Waals surface area contributed by atoms with Gasteiger partial charge in [-0.25, -0.2) is 8.42 Å². The molecule has 0 spiro atoms. The first-order chi connectivity index (χ1) is 10.3. The van der Waals surface area contributed by atoms with E-state index in [9.17, 15) is 13.2 Å². The second-order valence-corrected chi connectivity index (χ2v) is 7.38. The average Bonchev–Trinajstić information content (AvgIpc) is 2.85. The summed E-state index contributed by atoms with van der Waals surface area (Å²) in [7, 11) is -3.70. The highest BCUT2D eigenvalue weighted by Gasteiger charge is 2.21. The van der Waals surface area contributed by atoms with Crippen molar-refractivity contribution in [2.45, 2.75) is 24.8 Å². The summed E-state index contributed by atoms with van der Waals surface area (Å²) in [5, 5.41) is 3.04. The highest BCUT2D eigenvalue weighted by Crippen LogP contribution is 2.17. The number of hydrogen-bond acceptors (Lipinski definition) is 4. The zero-order valence-electron chi connectivity index (χ0n) is 12.2. The summed E-state index contributed by atoms with van der Waals surface area (Å²) < 4.78 is 29.7. The second-order valence-electron chi connectivity index (χ2n) is 4.95. The van der Waals surface area contributed by atoms with Crippen LogP contribution in [0.2, 0.25) is 5.02 Å². The number of hydrogen-bond donors (Lipinski definition) is 1. The Morgan fingerprint density at radius 3 is 2.41 bits per heavy atom. The molecule has 1 aromatic carbocycles. The van der Waals surface area contributed by atoms with Gasteiger partial charge in [0.2, 0.25) is 5.91 Å². The number of carbonyl (C=O) groups excluding carboxylic acids is 1. The minimum Gasteiger partial charge on any atom is -0.464 e. The molecule has 0 fully saturated rings. The maximum atomic E-state index is 12.1. The monoisotopic (exact) mass is 341 g/mol. The van der Waals surface area contributed by atoms with Crippen LogP contribution in [0.1, 0.15) is 24.5 Å². The van der Waals surface area contributed by atoms with Crippen molar-refractivity contribution in [2.75, 3.05) is 5.75 Å². The third-order valence-electron chi connectivity index (χ3n) is 3.06. The predicted molar refractivity (Wildman–Crippen MR) is 83.5 cm³/mol. The molecular weight excluding hydrogens is 326 g/mol. The lowest BCUT2D eigenvalue weighted by Crippen LogP contribution is -2.32. The van der Waals surface area contributed by atoms with Crippen LogP contribution in [-0.2, 0) is 14.6 Å². The quantitative estimate of drug-likeness (QED) is 0.907. The Morgan fingerprint density at radius 1 is 1.23 bits per heavy atom. The van der Waals surface area contributed by atoms with Gasteiger partial charge in [0.25, 0.3) is 0 Å². The Balaban J connectivity index is 2.03. The minimum atomic E-state index is -3.70. The van der Waals surface area contributed by atoms with Gasteiger partial charge in [0.15, 0.2) is 9.84 Å². The highest BCUT2D eigenvalue weighted by molar-refractivity contribution is 7.92. The van der Waals surface area contributed by atoms with E-state index in [4.69, 9.17) is 16.0 Å². The van der Waals surface area contributed by atoms with Crippen LogP contribution in [0.3, 0.4) is 0 Å². The van der Waals surface area contributed by atoms with Crippen molar-refractivity contribution in [3.63, 3.8) is 0 Å². The zero-order chi connectivity index (χ0) is 16.3. The number of nitrogens with one attached hydrogen (secondary N) is 1. The van der Waals surface area contributed by atoms with E-state index in [0.29, 0.717) is 10.8 Å². The summed E-state index contributed by atoms with van der Waals surface area (Å²) in [6.07, 6.45) is 0. The molecule has 0 aliphatic rings. The van der Waals surface area contributed by atoms with Gasteiger partial charge >= 0.3 is 0 Å². The number of rotatable bonds is 5. The number of benzene rings is 1. The molecule has 2 aromatic rings. The molecular formula is C15H16ClNO4S. The van der Waals surface area contributed by atoms with Crippen LogP contribution in [0, 0.1) is 6.92 Å². The van der Waals surface area contributed by atoms with Crippen molar-refractivity contribution in [3.05, 3.63) is 52.9 Å². The first-order valence-electron chi connectivity index (χ1n) is 6.62. The van der Waals surface area contributed by atoms with Gasteiger partial charge < -0.3 is 9.73 Å². The average molecular weight is 342 g/mol. The third-order valence-corrected chi connectivity index (χ3v) is 4.94. The van der Waals surface area contributed by atoms with Gasteiger partial charge in [-0.1, -0.05) is 11.6 Å². The molecule has 1 heterocycles. The molecule has 118 valence electrons. The molecule has 1 atom stereocenters. The maximum Gasteiger partial charge on any atom is 0.236 e. The maximum absolute atomic E-state index is 12.1. The fourth-order valence-electron chi connectivity index (χ4n) is 1.94. The van der Waals surface area contributed by atoms with Gasteiger partial charge in [0, 0.05) is 5.02 Å². The standard InChI is InChI=1S/C15H16ClNO4S/c1-10-3-8-14(21-10)11(2)17-15(18)9-22(19,20)13-6-4-12(16)5-7-13/h3-8,11H,9H2,1-2H3,(H,17,18)/t11-/m0/s1. The van der Waals surface area contributed by atoms with E-state index in [1.54, 1.807) is 26.0 Å². The lowest BCUT2D eigenvalue weighted by Gasteiger charge is -2.11. The van der Waals surface area contributed by atoms with Gasteiger partial charge in [-0.3, -0.25) is 4.79 Å². The Hall–Kier alpha value is -1.79. The Kier molecular flexibility index (Phi) is 4.93. The molecule has 0 aliphatic carbocycles. The van der Waals surface area contributed by atoms with E-state index in [1.807, 2.05) is 0 Å². The first kappa shape index (κ1) is 16.6. The Bertz CT molecular complexity index is 765. The van der Waals surface area contributed by atoms with Crippen molar-refractivity contribution < 1.29 is 17.6 Å². The van der Waals surface area contributed by atoms with Gasteiger partial charge in [0.05, 0.1) is 10.9 Å². The molecule has 1 aromatic heterocycles. The number of amides is 1. The number of sulfone groups is 1. The molecule has 7 heteroatoms. The van der Waals surface area contributed by atoms with Gasteiger partial charge in [0.1, 0.15) is 17.3 Å². The van der Waals surface area contributed by atoms with E-state index >= 15 is 0 Å². The van der Waals surface area contributed by atoms with Gasteiger partial charge in [-0.05, 0) is 50.2 Å². The largest absolute Gasteiger partial charge is 0.464 e. The van der Waals surface area contributed by atoms with E-state index in [2.05, 4.69) is 5.32 Å². The van der Waals surface area contributed by atoms with Crippen molar-refractivity contribution in [1.29, 1.82) is 0 Å². The molecule has 0 radical (unpaired) electrons. The summed E-state index contributed by atoms with van der Waals surface area (Å²) in [5.41, 5.74) is 0. The normalized spacial score (nSPS) is 12.9. The van der Waals surface area contributed by atoms with Crippen molar-refractivity contribution >= 4 is 27.3 Å². The number of halogens is 1. The van der Waals surface area contributed by atoms with Gasteiger partial charge in [-0.15, -0.1) is 0 Å². The molecule has 1 amide bonds. The van der Waals surface area contributed by atoms with Crippen LogP contribution in [0.4, 0.5) is 0 Å². The summed E-state index contributed by atoms with van der Waals surface area (Å²) in [6, 6.07) is 8.83. The fourth-order valence-corrected chi connectivity index (χ4v) is 3.21. The van der Waals surface area contributed by atoms with Crippen LogP contribution in [-0.4, -0.2) is 20.1 Å². The van der Waals surface area contributed by atoms with Crippen LogP contribution in [0.25, 0.3) is 0 Å². The number of furan rings is 1. The number of carbonyl (C=O) groups is 1. The zero-order valence-corrected chi connectivity index (χ0v) is 13.7. The summed E-state index contributed by atoms with van der Waals surface area (Å²) >= 11 is 5.72. The number of aryl methyl sites for hydroxylation is 1. The van der Waals surface area contributed by atoms with Gasteiger partial charge in [-0.2, -0.15) is 0 Å². The minimum absolute atomic E-state index is 0.0635. The SMILES string of the molecule is Cc1ccc([C@H](C)NC(=O)CS(=O)(=O)c2ccc(Cl)cc2)o1.